The second-order valence-corrected chi connectivity index (χ2v) is 5.09. The molecule has 0 aromatic heterocycles. The van der Waals surface area contributed by atoms with Gasteiger partial charge in [-0.3, -0.25) is 0 Å². The average Bonchev–Trinajstić information content (AvgIpc) is 2.40. The quantitative estimate of drug-likeness (QED) is 0.699. The Morgan fingerprint density at radius 1 is 1.31 bits per heavy atom. The van der Waals surface area contributed by atoms with Crippen LogP contribution in [0.3, 0.4) is 0 Å². The zero-order valence-corrected chi connectivity index (χ0v) is 8.89. The largest absolute Gasteiger partial charge is 0.389 e. The van der Waals surface area contributed by atoms with Crippen LogP contribution in [0.5, 0.6) is 0 Å². The Morgan fingerprint density at radius 3 is 2.08 bits per heavy atom. The summed E-state index contributed by atoms with van der Waals surface area (Å²) in [6, 6.07) is 0.390. The topological polar surface area (TPSA) is 32.3 Å². The SMILES string of the molecule is CC1(C)C(NCC(O)CF)C1(C)C. The second kappa shape index (κ2) is 3.21. The maximum atomic E-state index is 12.0. The van der Waals surface area contributed by atoms with Crippen molar-refractivity contribution in [3.05, 3.63) is 0 Å². The van der Waals surface area contributed by atoms with Gasteiger partial charge in [-0.1, -0.05) is 27.7 Å². The van der Waals surface area contributed by atoms with Crippen LogP contribution < -0.4 is 5.32 Å². The number of hydrogen-bond acceptors (Lipinski definition) is 2. The standard InChI is InChI=1S/C10H20FNO/c1-9(2)8(10(9,3)4)12-6-7(13)5-11/h7-8,12-13H,5-6H2,1-4H3. The van der Waals surface area contributed by atoms with E-state index in [1.807, 2.05) is 0 Å². The van der Waals surface area contributed by atoms with Gasteiger partial charge >= 0.3 is 0 Å². The van der Waals surface area contributed by atoms with Crippen LogP contribution in [-0.4, -0.2) is 30.5 Å². The third-order valence-corrected chi connectivity index (χ3v) is 3.76. The molecule has 1 atom stereocenters. The fourth-order valence-corrected chi connectivity index (χ4v) is 2.02. The number of rotatable bonds is 4. The molecule has 1 saturated carbocycles. The summed E-state index contributed by atoms with van der Waals surface area (Å²) in [5.74, 6) is 0. The van der Waals surface area contributed by atoms with E-state index in [0.717, 1.165) is 0 Å². The van der Waals surface area contributed by atoms with Gasteiger partial charge in [-0.25, -0.2) is 4.39 Å². The highest BCUT2D eigenvalue weighted by molar-refractivity contribution is 5.17. The van der Waals surface area contributed by atoms with Crippen LogP contribution in [0.1, 0.15) is 27.7 Å². The Hall–Kier alpha value is -0.150. The average molecular weight is 189 g/mol. The first-order valence-electron chi connectivity index (χ1n) is 4.81. The van der Waals surface area contributed by atoms with Crippen LogP contribution in [0.25, 0.3) is 0 Å². The maximum Gasteiger partial charge on any atom is 0.117 e. The monoisotopic (exact) mass is 189 g/mol. The highest BCUT2D eigenvalue weighted by Crippen LogP contribution is 2.62. The van der Waals surface area contributed by atoms with Crippen LogP contribution in [0, 0.1) is 10.8 Å². The molecule has 1 aliphatic carbocycles. The second-order valence-electron chi connectivity index (χ2n) is 5.09. The lowest BCUT2D eigenvalue weighted by Gasteiger charge is -2.09. The van der Waals surface area contributed by atoms with Crippen molar-refractivity contribution in [3.8, 4) is 0 Å². The summed E-state index contributed by atoms with van der Waals surface area (Å²) >= 11 is 0. The molecule has 2 nitrogen and oxygen atoms in total. The van der Waals surface area contributed by atoms with Crippen molar-refractivity contribution in [1.29, 1.82) is 0 Å². The Balaban J connectivity index is 2.34. The summed E-state index contributed by atoms with van der Waals surface area (Å²) in [5.41, 5.74) is 0.506. The molecular formula is C10H20FNO. The molecule has 2 N–H and O–H groups in total. The molecule has 3 heteroatoms. The fraction of sp³-hybridized carbons (Fsp3) is 1.00. The first-order chi connectivity index (χ1) is 5.84. The lowest BCUT2D eigenvalue weighted by Crippen LogP contribution is -2.32. The van der Waals surface area contributed by atoms with E-state index in [2.05, 4.69) is 33.0 Å². The smallest absolute Gasteiger partial charge is 0.117 e. The molecule has 0 bridgehead atoms. The molecule has 1 unspecified atom stereocenters. The van der Waals surface area contributed by atoms with Gasteiger partial charge in [0.1, 0.15) is 6.67 Å². The number of hydrogen-bond donors (Lipinski definition) is 2. The van der Waals surface area contributed by atoms with Crippen LogP contribution in [0.4, 0.5) is 4.39 Å². The van der Waals surface area contributed by atoms with Crippen molar-refractivity contribution < 1.29 is 9.50 Å². The number of nitrogens with one attached hydrogen (secondary N) is 1. The van der Waals surface area contributed by atoms with Gasteiger partial charge < -0.3 is 10.4 Å². The Kier molecular flexibility index (Phi) is 2.70. The fourth-order valence-electron chi connectivity index (χ4n) is 2.02. The summed E-state index contributed by atoms with van der Waals surface area (Å²) in [6.07, 6.45) is -0.854. The van der Waals surface area contributed by atoms with Gasteiger partial charge in [-0.15, -0.1) is 0 Å². The molecule has 0 heterocycles. The molecule has 0 radical (unpaired) electrons. The normalized spacial score (nSPS) is 27.2. The molecule has 0 aromatic carbocycles. The molecule has 0 saturated heterocycles. The zero-order valence-electron chi connectivity index (χ0n) is 8.89. The van der Waals surface area contributed by atoms with E-state index in [1.165, 1.54) is 0 Å². The molecule has 0 aliphatic heterocycles. The predicted molar refractivity (Wildman–Crippen MR) is 51.3 cm³/mol. The zero-order chi connectivity index (χ0) is 10.3. The van der Waals surface area contributed by atoms with Crippen LogP contribution in [0.2, 0.25) is 0 Å². The van der Waals surface area contributed by atoms with Gasteiger partial charge in [-0.05, 0) is 10.8 Å². The summed E-state index contributed by atoms with van der Waals surface area (Å²) in [6.45, 7) is 8.44. The highest BCUT2D eigenvalue weighted by Gasteiger charge is 2.64. The van der Waals surface area contributed by atoms with Gasteiger partial charge in [0.2, 0.25) is 0 Å². The van der Waals surface area contributed by atoms with Crippen LogP contribution >= 0.6 is 0 Å². The van der Waals surface area contributed by atoms with E-state index in [4.69, 9.17) is 5.11 Å². The minimum atomic E-state index is -0.854. The van der Waals surface area contributed by atoms with Gasteiger partial charge in [-0.2, -0.15) is 0 Å². The number of halogens is 1. The van der Waals surface area contributed by atoms with E-state index in [9.17, 15) is 4.39 Å². The number of aliphatic hydroxyl groups excluding tert-OH is 1. The Bertz CT molecular complexity index is 177. The van der Waals surface area contributed by atoms with Crippen molar-refractivity contribution in [2.24, 2.45) is 10.8 Å². The molecule has 1 rings (SSSR count). The van der Waals surface area contributed by atoms with Gasteiger partial charge in [0.15, 0.2) is 0 Å². The maximum absolute atomic E-state index is 12.0. The summed E-state index contributed by atoms with van der Waals surface area (Å²) < 4.78 is 12.0. The first kappa shape index (κ1) is 10.9. The van der Waals surface area contributed by atoms with Gasteiger partial charge in [0.05, 0.1) is 6.10 Å². The summed E-state index contributed by atoms with van der Waals surface area (Å²) in [7, 11) is 0. The molecule has 0 aromatic rings. The molecule has 1 aliphatic rings. The lowest BCUT2D eigenvalue weighted by molar-refractivity contribution is 0.136. The van der Waals surface area contributed by atoms with Crippen molar-refractivity contribution in [1.82, 2.24) is 5.32 Å². The van der Waals surface area contributed by atoms with Crippen LogP contribution in [0.15, 0.2) is 0 Å². The number of alkyl halides is 1. The van der Waals surface area contributed by atoms with Crippen molar-refractivity contribution in [3.63, 3.8) is 0 Å². The minimum Gasteiger partial charge on any atom is -0.389 e. The lowest BCUT2D eigenvalue weighted by atomic mass is 10.0. The number of aliphatic hydroxyl groups is 1. The van der Waals surface area contributed by atoms with E-state index in [0.29, 0.717) is 12.6 Å². The summed E-state index contributed by atoms with van der Waals surface area (Å²) in [4.78, 5) is 0. The van der Waals surface area contributed by atoms with Crippen molar-refractivity contribution in [2.75, 3.05) is 13.2 Å². The first-order valence-corrected chi connectivity index (χ1v) is 4.81. The molecule has 1 fully saturated rings. The summed E-state index contributed by atoms with van der Waals surface area (Å²) in [5, 5.41) is 12.2. The van der Waals surface area contributed by atoms with Gasteiger partial charge in [0.25, 0.3) is 0 Å². The molecular weight excluding hydrogens is 169 g/mol. The highest BCUT2D eigenvalue weighted by atomic mass is 19.1. The van der Waals surface area contributed by atoms with Crippen molar-refractivity contribution in [2.45, 2.75) is 39.8 Å². The third kappa shape index (κ3) is 1.72. The van der Waals surface area contributed by atoms with Crippen molar-refractivity contribution >= 4 is 0 Å². The Labute approximate surface area is 79.5 Å². The van der Waals surface area contributed by atoms with E-state index < -0.39 is 12.8 Å². The Morgan fingerprint density at radius 2 is 1.77 bits per heavy atom. The minimum absolute atomic E-state index is 0.253. The molecule has 78 valence electrons. The third-order valence-electron chi connectivity index (χ3n) is 3.76. The van der Waals surface area contributed by atoms with Crippen LogP contribution in [-0.2, 0) is 0 Å². The molecule has 13 heavy (non-hydrogen) atoms. The van der Waals surface area contributed by atoms with E-state index in [1.54, 1.807) is 0 Å². The predicted octanol–water partition coefficient (Wildman–Crippen LogP) is 1.34. The van der Waals surface area contributed by atoms with Gasteiger partial charge in [0, 0.05) is 12.6 Å². The van der Waals surface area contributed by atoms with E-state index in [-0.39, 0.29) is 10.8 Å². The molecule has 0 amide bonds. The molecule has 0 spiro atoms. The van der Waals surface area contributed by atoms with E-state index >= 15 is 0 Å².